The van der Waals surface area contributed by atoms with Crippen LogP contribution >= 0.6 is 11.8 Å². The standard InChI is InChI=1S/C19H18FN3O2S/c1-22(25-2)19(24)17-12-18(13-4-10-16(26-3)11-5-13)23(21-17)15-8-6-14(20)7-9-15/h4-12H,1-3H3. The molecule has 0 fully saturated rings. The Balaban J connectivity index is 2.11. The summed E-state index contributed by atoms with van der Waals surface area (Å²) in [5.74, 6) is -0.697. The van der Waals surface area contributed by atoms with Crippen molar-refractivity contribution in [1.82, 2.24) is 14.8 Å². The molecule has 0 bridgehead atoms. The molecule has 26 heavy (non-hydrogen) atoms. The number of hydrogen-bond acceptors (Lipinski definition) is 4. The SMILES string of the molecule is CON(C)C(=O)c1cc(-c2ccc(SC)cc2)n(-c2ccc(F)cc2)n1. The third kappa shape index (κ3) is 3.63. The van der Waals surface area contributed by atoms with Crippen molar-refractivity contribution in [2.75, 3.05) is 20.4 Å². The van der Waals surface area contributed by atoms with Crippen molar-refractivity contribution in [3.8, 4) is 16.9 Å². The molecule has 0 atom stereocenters. The van der Waals surface area contributed by atoms with E-state index in [0.717, 1.165) is 21.2 Å². The number of halogens is 1. The minimum Gasteiger partial charge on any atom is -0.274 e. The summed E-state index contributed by atoms with van der Waals surface area (Å²) in [5, 5.41) is 5.52. The van der Waals surface area contributed by atoms with Crippen LogP contribution in [0.3, 0.4) is 0 Å². The van der Waals surface area contributed by atoms with Gasteiger partial charge in [-0.15, -0.1) is 11.8 Å². The predicted molar refractivity (Wildman–Crippen MR) is 99.8 cm³/mol. The molecular weight excluding hydrogens is 353 g/mol. The van der Waals surface area contributed by atoms with Gasteiger partial charge >= 0.3 is 0 Å². The summed E-state index contributed by atoms with van der Waals surface area (Å²) in [6, 6.07) is 15.6. The van der Waals surface area contributed by atoms with E-state index in [0.29, 0.717) is 5.69 Å². The zero-order valence-electron chi connectivity index (χ0n) is 14.6. The number of benzene rings is 2. The molecule has 1 amide bonds. The minimum absolute atomic E-state index is 0.239. The first-order chi connectivity index (χ1) is 12.5. The molecule has 0 aliphatic rings. The van der Waals surface area contributed by atoms with Gasteiger partial charge in [-0.1, -0.05) is 12.1 Å². The number of amides is 1. The van der Waals surface area contributed by atoms with Crippen molar-refractivity contribution in [2.45, 2.75) is 4.90 Å². The number of rotatable bonds is 5. The van der Waals surface area contributed by atoms with Crippen LogP contribution in [0.15, 0.2) is 59.5 Å². The number of nitrogens with zero attached hydrogens (tertiary/aromatic N) is 3. The van der Waals surface area contributed by atoms with Crippen molar-refractivity contribution >= 4 is 17.7 Å². The zero-order chi connectivity index (χ0) is 18.7. The Morgan fingerprint density at radius 2 is 1.81 bits per heavy atom. The third-order valence-corrected chi connectivity index (χ3v) is 4.69. The van der Waals surface area contributed by atoms with Gasteiger partial charge in [-0.3, -0.25) is 9.63 Å². The first kappa shape index (κ1) is 18.2. The van der Waals surface area contributed by atoms with Crippen LogP contribution in [-0.2, 0) is 4.84 Å². The molecule has 0 aliphatic heterocycles. The number of carbonyl (C=O) groups excluding carboxylic acids is 1. The lowest BCUT2D eigenvalue weighted by atomic mass is 10.1. The van der Waals surface area contributed by atoms with E-state index in [2.05, 4.69) is 5.10 Å². The molecule has 0 N–H and O–H groups in total. The van der Waals surface area contributed by atoms with Crippen molar-refractivity contribution in [1.29, 1.82) is 0 Å². The first-order valence-electron chi connectivity index (χ1n) is 7.86. The quantitative estimate of drug-likeness (QED) is 0.502. The highest BCUT2D eigenvalue weighted by Gasteiger charge is 2.19. The van der Waals surface area contributed by atoms with E-state index in [1.165, 1.54) is 26.3 Å². The van der Waals surface area contributed by atoms with Crippen LogP contribution in [0.5, 0.6) is 0 Å². The van der Waals surface area contributed by atoms with Crippen molar-refractivity contribution in [3.63, 3.8) is 0 Å². The molecule has 0 aliphatic carbocycles. The monoisotopic (exact) mass is 371 g/mol. The van der Waals surface area contributed by atoms with Crippen LogP contribution in [-0.4, -0.2) is 41.2 Å². The normalized spacial score (nSPS) is 10.8. The van der Waals surface area contributed by atoms with Crippen molar-refractivity contribution < 1.29 is 14.0 Å². The number of hydrogen-bond donors (Lipinski definition) is 0. The molecule has 1 heterocycles. The Morgan fingerprint density at radius 1 is 1.15 bits per heavy atom. The molecule has 3 rings (SSSR count). The van der Waals surface area contributed by atoms with E-state index in [1.807, 2.05) is 30.5 Å². The fourth-order valence-electron chi connectivity index (χ4n) is 2.48. The van der Waals surface area contributed by atoms with Crippen molar-refractivity contribution in [2.24, 2.45) is 0 Å². The minimum atomic E-state index is -0.365. The lowest BCUT2D eigenvalue weighted by Crippen LogP contribution is -2.25. The summed E-state index contributed by atoms with van der Waals surface area (Å²) in [5.41, 5.74) is 2.54. The third-order valence-electron chi connectivity index (χ3n) is 3.95. The van der Waals surface area contributed by atoms with Gasteiger partial charge in [0.2, 0.25) is 0 Å². The molecule has 0 unspecified atom stereocenters. The summed E-state index contributed by atoms with van der Waals surface area (Å²) < 4.78 is 14.9. The van der Waals surface area contributed by atoms with Crippen LogP contribution in [0.2, 0.25) is 0 Å². The topological polar surface area (TPSA) is 47.4 Å². The van der Waals surface area contributed by atoms with Crippen LogP contribution in [0.25, 0.3) is 16.9 Å². The zero-order valence-corrected chi connectivity index (χ0v) is 15.5. The summed E-state index contributed by atoms with van der Waals surface area (Å²) in [4.78, 5) is 18.5. The Kier molecular flexibility index (Phi) is 5.39. The maximum Gasteiger partial charge on any atom is 0.297 e. The molecule has 0 saturated heterocycles. The van der Waals surface area contributed by atoms with Crippen LogP contribution in [0.4, 0.5) is 4.39 Å². The molecule has 0 saturated carbocycles. The molecule has 134 valence electrons. The molecule has 7 heteroatoms. The van der Waals surface area contributed by atoms with Crippen LogP contribution in [0.1, 0.15) is 10.5 Å². The van der Waals surface area contributed by atoms with Gasteiger partial charge in [0.05, 0.1) is 18.5 Å². The summed E-state index contributed by atoms with van der Waals surface area (Å²) in [6.45, 7) is 0. The Bertz CT molecular complexity index is 908. The summed E-state index contributed by atoms with van der Waals surface area (Å²) in [6.07, 6.45) is 2.01. The highest BCUT2D eigenvalue weighted by Crippen LogP contribution is 2.27. The fraction of sp³-hybridized carbons (Fsp3) is 0.158. The Morgan fingerprint density at radius 3 is 2.38 bits per heavy atom. The van der Waals surface area contributed by atoms with E-state index in [9.17, 15) is 9.18 Å². The van der Waals surface area contributed by atoms with E-state index in [1.54, 1.807) is 34.6 Å². The van der Waals surface area contributed by atoms with Gasteiger partial charge in [0.15, 0.2) is 5.69 Å². The van der Waals surface area contributed by atoms with Crippen molar-refractivity contribution in [3.05, 3.63) is 66.1 Å². The van der Waals surface area contributed by atoms with E-state index >= 15 is 0 Å². The molecular formula is C19H18FN3O2S. The second kappa shape index (κ2) is 7.72. The van der Waals surface area contributed by atoms with Gasteiger partial charge in [-0.2, -0.15) is 5.10 Å². The number of aromatic nitrogens is 2. The van der Waals surface area contributed by atoms with Gasteiger partial charge in [-0.25, -0.2) is 14.1 Å². The van der Waals surface area contributed by atoms with Gasteiger partial charge in [0.25, 0.3) is 5.91 Å². The smallest absolute Gasteiger partial charge is 0.274 e. The Labute approximate surface area is 155 Å². The second-order valence-corrected chi connectivity index (χ2v) is 6.40. The van der Waals surface area contributed by atoms with E-state index in [4.69, 9.17) is 4.84 Å². The Hall–Kier alpha value is -2.64. The molecule has 3 aromatic rings. The molecule has 0 radical (unpaired) electrons. The maximum absolute atomic E-state index is 13.3. The average molecular weight is 371 g/mol. The highest BCUT2D eigenvalue weighted by molar-refractivity contribution is 7.98. The van der Waals surface area contributed by atoms with Gasteiger partial charge < -0.3 is 0 Å². The van der Waals surface area contributed by atoms with Gasteiger partial charge in [-0.05, 0) is 48.7 Å². The molecule has 2 aromatic carbocycles. The van der Waals surface area contributed by atoms with Gasteiger partial charge in [0, 0.05) is 17.5 Å². The summed E-state index contributed by atoms with van der Waals surface area (Å²) >= 11 is 1.65. The van der Waals surface area contributed by atoms with Crippen LogP contribution in [0, 0.1) is 5.82 Å². The fourth-order valence-corrected chi connectivity index (χ4v) is 2.88. The highest BCUT2D eigenvalue weighted by atomic mass is 32.2. The molecule has 0 spiro atoms. The lowest BCUT2D eigenvalue weighted by Gasteiger charge is -2.11. The number of carbonyl (C=O) groups is 1. The maximum atomic E-state index is 13.3. The summed E-state index contributed by atoms with van der Waals surface area (Å²) in [7, 11) is 2.93. The van der Waals surface area contributed by atoms with E-state index < -0.39 is 0 Å². The molecule has 5 nitrogen and oxygen atoms in total. The molecule has 1 aromatic heterocycles. The predicted octanol–water partition coefficient (Wildman–Crippen LogP) is 4.03. The van der Waals surface area contributed by atoms with Crippen LogP contribution < -0.4 is 0 Å². The average Bonchev–Trinajstić information content (AvgIpc) is 3.12. The largest absolute Gasteiger partial charge is 0.297 e. The first-order valence-corrected chi connectivity index (χ1v) is 9.08. The lowest BCUT2D eigenvalue weighted by molar-refractivity contribution is -0.0760. The van der Waals surface area contributed by atoms with Gasteiger partial charge in [0.1, 0.15) is 5.82 Å². The second-order valence-electron chi connectivity index (χ2n) is 5.52. The number of thioether (sulfide) groups is 1. The number of hydroxylamine groups is 2. The van der Waals surface area contributed by atoms with E-state index in [-0.39, 0.29) is 17.4 Å².